The molecular weight excluding hydrogens is 284 g/mol. The monoisotopic (exact) mass is 298 g/mol. The third kappa shape index (κ3) is 4.64. The van der Waals surface area contributed by atoms with Crippen LogP contribution >= 0.6 is 11.6 Å². The zero-order valence-electron chi connectivity index (χ0n) is 11.4. The Bertz CT molecular complexity index is 667. The average Bonchev–Trinajstić information content (AvgIpc) is 2.52. The average molecular weight is 299 g/mol. The Balaban J connectivity index is 1.93. The maximum absolute atomic E-state index is 11.9. The Morgan fingerprint density at radius 3 is 2.38 bits per heavy atom. The minimum absolute atomic E-state index is 0.126. The van der Waals surface area contributed by atoms with Crippen LogP contribution in [0, 0.1) is 11.8 Å². The lowest BCUT2D eigenvalue weighted by atomic mass is 10.1. The number of benzene rings is 2. The Labute approximate surface area is 129 Å². The molecule has 4 heteroatoms. The lowest BCUT2D eigenvalue weighted by molar-refractivity contribution is 0.0951. The maximum atomic E-state index is 11.9. The minimum Gasteiger partial charge on any atom is -0.348 e. The number of hydrogen-bond acceptors (Lipinski definition) is 2. The van der Waals surface area contributed by atoms with Crippen LogP contribution in [-0.4, -0.2) is 12.5 Å². The molecule has 0 heterocycles. The zero-order chi connectivity index (χ0) is 15.1. The summed E-state index contributed by atoms with van der Waals surface area (Å²) in [7, 11) is 0. The van der Waals surface area contributed by atoms with Crippen LogP contribution in [0.5, 0.6) is 0 Å². The van der Waals surface area contributed by atoms with Crippen molar-refractivity contribution in [2.75, 3.05) is 6.54 Å². The van der Waals surface area contributed by atoms with E-state index < -0.39 is 0 Å². The van der Waals surface area contributed by atoms with Gasteiger partial charge in [-0.1, -0.05) is 35.6 Å². The van der Waals surface area contributed by atoms with E-state index in [4.69, 9.17) is 17.3 Å². The summed E-state index contributed by atoms with van der Waals surface area (Å²) in [4.78, 5) is 11.9. The number of carbonyl (C=O) groups excluding carboxylic acids is 1. The fourth-order valence-corrected chi connectivity index (χ4v) is 1.87. The van der Waals surface area contributed by atoms with Gasteiger partial charge in [0.05, 0.1) is 6.54 Å². The molecule has 0 unspecified atom stereocenters. The van der Waals surface area contributed by atoms with Crippen molar-refractivity contribution in [1.82, 2.24) is 5.32 Å². The molecule has 0 aliphatic carbocycles. The van der Waals surface area contributed by atoms with Gasteiger partial charge in [-0.3, -0.25) is 4.79 Å². The molecule has 2 rings (SSSR count). The van der Waals surface area contributed by atoms with Crippen molar-refractivity contribution >= 4 is 17.5 Å². The molecule has 0 aliphatic rings. The van der Waals surface area contributed by atoms with E-state index >= 15 is 0 Å². The molecule has 0 atom stereocenters. The minimum atomic E-state index is -0.126. The van der Waals surface area contributed by atoms with Crippen LogP contribution in [0.2, 0.25) is 5.02 Å². The first kappa shape index (κ1) is 15.1. The second kappa shape index (κ2) is 7.49. The van der Waals surface area contributed by atoms with Gasteiger partial charge in [0.15, 0.2) is 0 Å². The Morgan fingerprint density at radius 2 is 1.76 bits per heavy atom. The summed E-state index contributed by atoms with van der Waals surface area (Å²) < 4.78 is 0. The van der Waals surface area contributed by atoms with E-state index in [0.29, 0.717) is 23.7 Å². The van der Waals surface area contributed by atoms with Gasteiger partial charge in [-0.25, -0.2) is 0 Å². The number of amides is 1. The first-order valence-corrected chi connectivity index (χ1v) is 6.88. The second-order valence-corrected chi connectivity index (χ2v) is 4.83. The first-order valence-electron chi connectivity index (χ1n) is 6.50. The highest BCUT2D eigenvalue weighted by Gasteiger charge is 2.04. The molecule has 0 radical (unpaired) electrons. The normalized spacial score (nSPS) is 9.62. The molecule has 0 aromatic heterocycles. The highest BCUT2D eigenvalue weighted by molar-refractivity contribution is 6.30. The van der Waals surface area contributed by atoms with Crippen molar-refractivity contribution in [3.05, 3.63) is 70.2 Å². The fraction of sp³-hybridized carbons (Fsp3) is 0.118. The van der Waals surface area contributed by atoms with Crippen LogP contribution in [0.4, 0.5) is 0 Å². The molecule has 0 saturated heterocycles. The summed E-state index contributed by atoms with van der Waals surface area (Å²) in [5.74, 6) is 5.62. The summed E-state index contributed by atoms with van der Waals surface area (Å²) in [5, 5.41) is 3.47. The van der Waals surface area contributed by atoms with Crippen LogP contribution in [0.1, 0.15) is 21.5 Å². The molecule has 0 saturated carbocycles. The van der Waals surface area contributed by atoms with Gasteiger partial charge in [0.2, 0.25) is 0 Å². The first-order chi connectivity index (χ1) is 10.2. The van der Waals surface area contributed by atoms with Crippen LogP contribution < -0.4 is 11.1 Å². The van der Waals surface area contributed by atoms with E-state index in [9.17, 15) is 4.79 Å². The van der Waals surface area contributed by atoms with E-state index in [1.807, 2.05) is 24.3 Å². The molecule has 3 nitrogen and oxygen atoms in total. The predicted octanol–water partition coefficient (Wildman–Crippen LogP) is 2.58. The standard InChI is InChI=1S/C17H15ClN2O/c18-16-9-7-15(8-10-16)17(21)20-12-14-5-3-13(4-6-14)2-1-11-19/h3-10H,11-12,19H2,(H,20,21). The number of carbonyl (C=O) groups is 1. The topological polar surface area (TPSA) is 55.1 Å². The summed E-state index contributed by atoms with van der Waals surface area (Å²) in [6, 6.07) is 14.5. The summed E-state index contributed by atoms with van der Waals surface area (Å²) in [6.45, 7) is 0.810. The predicted molar refractivity (Wildman–Crippen MR) is 85.0 cm³/mol. The van der Waals surface area contributed by atoms with Gasteiger partial charge in [0.1, 0.15) is 0 Å². The van der Waals surface area contributed by atoms with Gasteiger partial charge in [-0.05, 0) is 42.0 Å². The molecule has 0 aliphatic heterocycles. The number of hydrogen-bond donors (Lipinski definition) is 2. The third-order valence-electron chi connectivity index (χ3n) is 2.85. The van der Waals surface area contributed by atoms with Crippen LogP contribution in [0.25, 0.3) is 0 Å². The van der Waals surface area contributed by atoms with Gasteiger partial charge in [-0.15, -0.1) is 0 Å². The van der Waals surface area contributed by atoms with Gasteiger partial charge in [-0.2, -0.15) is 0 Å². The Morgan fingerprint density at radius 1 is 1.10 bits per heavy atom. The smallest absolute Gasteiger partial charge is 0.251 e. The van der Waals surface area contributed by atoms with E-state index in [1.54, 1.807) is 24.3 Å². The lowest BCUT2D eigenvalue weighted by Gasteiger charge is -2.05. The Hall–Kier alpha value is -2.28. The molecule has 1 amide bonds. The van der Waals surface area contributed by atoms with Gasteiger partial charge >= 0.3 is 0 Å². The van der Waals surface area contributed by atoms with Crippen molar-refractivity contribution < 1.29 is 4.79 Å². The van der Waals surface area contributed by atoms with Crippen molar-refractivity contribution in [3.8, 4) is 11.8 Å². The van der Waals surface area contributed by atoms with Crippen LogP contribution in [0.3, 0.4) is 0 Å². The number of halogens is 1. The van der Waals surface area contributed by atoms with Crippen molar-refractivity contribution in [3.63, 3.8) is 0 Å². The number of rotatable bonds is 3. The molecular formula is C17H15ClN2O. The maximum Gasteiger partial charge on any atom is 0.251 e. The van der Waals surface area contributed by atoms with Crippen LogP contribution in [-0.2, 0) is 6.54 Å². The fourth-order valence-electron chi connectivity index (χ4n) is 1.74. The largest absolute Gasteiger partial charge is 0.348 e. The third-order valence-corrected chi connectivity index (χ3v) is 3.10. The zero-order valence-corrected chi connectivity index (χ0v) is 12.2. The van der Waals surface area contributed by atoms with E-state index in [2.05, 4.69) is 17.2 Å². The van der Waals surface area contributed by atoms with Crippen molar-refractivity contribution in [1.29, 1.82) is 0 Å². The number of nitrogens with one attached hydrogen (secondary N) is 1. The van der Waals surface area contributed by atoms with Gasteiger partial charge in [0, 0.05) is 22.7 Å². The molecule has 106 valence electrons. The molecule has 2 aromatic carbocycles. The highest BCUT2D eigenvalue weighted by atomic mass is 35.5. The van der Waals surface area contributed by atoms with Crippen molar-refractivity contribution in [2.24, 2.45) is 5.73 Å². The van der Waals surface area contributed by atoms with E-state index in [0.717, 1.165) is 11.1 Å². The second-order valence-electron chi connectivity index (χ2n) is 4.39. The SMILES string of the molecule is NCC#Cc1ccc(CNC(=O)c2ccc(Cl)cc2)cc1. The van der Waals surface area contributed by atoms with Gasteiger partial charge < -0.3 is 11.1 Å². The number of nitrogens with two attached hydrogens (primary N) is 1. The lowest BCUT2D eigenvalue weighted by Crippen LogP contribution is -2.22. The molecule has 21 heavy (non-hydrogen) atoms. The summed E-state index contributed by atoms with van der Waals surface area (Å²) >= 11 is 5.79. The van der Waals surface area contributed by atoms with Crippen molar-refractivity contribution in [2.45, 2.75) is 6.54 Å². The summed E-state index contributed by atoms with van der Waals surface area (Å²) in [5.41, 5.74) is 7.83. The molecule has 0 bridgehead atoms. The van der Waals surface area contributed by atoms with E-state index in [1.165, 1.54) is 0 Å². The van der Waals surface area contributed by atoms with E-state index in [-0.39, 0.29) is 5.91 Å². The molecule has 2 aromatic rings. The quantitative estimate of drug-likeness (QED) is 0.856. The van der Waals surface area contributed by atoms with Gasteiger partial charge in [0.25, 0.3) is 5.91 Å². The Kier molecular flexibility index (Phi) is 5.39. The molecule has 0 spiro atoms. The highest BCUT2D eigenvalue weighted by Crippen LogP contribution is 2.10. The molecule has 0 fully saturated rings. The summed E-state index contributed by atoms with van der Waals surface area (Å²) in [6.07, 6.45) is 0. The van der Waals surface area contributed by atoms with Crippen LogP contribution in [0.15, 0.2) is 48.5 Å². The molecule has 3 N–H and O–H groups in total.